The van der Waals surface area contributed by atoms with E-state index in [9.17, 15) is 13.2 Å². The number of aromatic nitrogens is 2. The summed E-state index contributed by atoms with van der Waals surface area (Å²) in [5.74, 6) is -0.110. The number of carbonyl (C=O) groups is 1. The first kappa shape index (κ1) is 20.8. The van der Waals surface area contributed by atoms with Crippen molar-refractivity contribution in [2.45, 2.75) is 17.7 Å². The fraction of sp³-hybridized carbons (Fsp3) is 0.227. The van der Waals surface area contributed by atoms with Gasteiger partial charge in [-0.1, -0.05) is 18.2 Å². The van der Waals surface area contributed by atoms with Crippen LogP contribution in [0.4, 0.5) is 17.3 Å². The zero-order chi connectivity index (χ0) is 21.7. The number of nitrogens with one attached hydrogen (secondary N) is 2. The lowest BCUT2D eigenvalue weighted by atomic mass is 9.95. The van der Waals surface area contributed by atoms with Crippen molar-refractivity contribution in [3.8, 4) is 0 Å². The Kier molecular flexibility index (Phi) is 6.13. The maximum atomic E-state index is 12.7. The molecule has 31 heavy (non-hydrogen) atoms. The summed E-state index contributed by atoms with van der Waals surface area (Å²) in [6.07, 6.45) is 4.45. The Hall–Kier alpha value is -3.46. The van der Waals surface area contributed by atoms with E-state index in [1.807, 2.05) is 18.2 Å². The third-order valence-corrected chi connectivity index (χ3v) is 6.55. The van der Waals surface area contributed by atoms with Crippen molar-refractivity contribution in [3.05, 3.63) is 73.1 Å². The van der Waals surface area contributed by atoms with Crippen molar-refractivity contribution < 1.29 is 13.2 Å². The molecule has 8 nitrogen and oxygen atoms in total. The molecule has 1 aliphatic rings. The van der Waals surface area contributed by atoms with Gasteiger partial charge in [0.05, 0.1) is 4.90 Å². The topological polar surface area (TPSA) is 104 Å². The van der Waals surface area contributed by atoms with E-state index in [1.54, 1.807) is 18.2 Å². The summed E-state index contributed by atoms with van der Waals surface area (Å²) in [5, 5.41) is 2.90. The van der Waals surface area contributed by atoms with Gasteiger partial charge in [0, 0.05) is 42.8 Å². The molecule has 2 heterocycles. The van der Waals surface area contributed by atoms with Crippen LogP contribution < -0.4 is 14.9 Å². The van der Waals surface area contributed by atoms with Gasteiger partial charge in [0.1, 0.15) is 0 Å². The number of piperidine rings is 1. The molecule has 3 aromatic rings. The molecular weight excluding hydrogens is 414 g/mol. The lowest BCUT2D eigenvalue weighted by molar-refractivity contribution is -0.120. The summed E-state index contributed by atoms with van der Waals surface area (Å²) in [4.78, 5) is 22.7. The van der Waals surface area contributed by atoms with Gasteiger partial charge in [-0.05, 0) is 55.3 Å². The van der Waals surface area contributed by atoms with Crippen LogP contribution in [0.1, 0.15) is 12.8 Å². The summed E-state index contributed by atoms with van der Waals surface area (Å²) in [7, 11) is -3.80. The lowest BCUT2D eigenvalue weighted by Gasteiger charge is -2.33. The summed E-state index contributed by atoms with van der Waals surface area (Å²) < 4.78 is 27.2. The zero-order valence-corrected chi connectivity index (χ0v) is 17.6. The van der Waals surface area contributed by atoms with Gasteiger partial charge in [0.25, 0.3) is 10.0 Å². The van der Waals surface area contributed by atoms with E-state index in [1.165, 1.54) is 30.2 Å². The molecule has 0 bridgehead atoms. The van der Waals surface area contributed by atoms with Gasteiger partial charge < -0.3 is 10.2 Å². The average Bonchev–Trinajstić information content (AvgIpc) is 2.80. The summed E-state index contributed by atoms with van der Waals surface area (Å²) >= 11 is 0. The van der Waals surface area contributed by atoms with Crippen molar-refractivity contribution in [2.24, 2.45) is 5.92 Å². The van der Waals surface area contributed by atoms with Gasteiger partial charge in [0.2, 0.25) is 11.9 Å². The predicted octanol–water partition coefficient (Wildman–Crippen LogP) is 3.13. The number of sulfonamides is 1. The molecule has 4 rings (SSSR count). The molecule has 2 N–H and O–H groups in total. The molecule has 1 aliphatic heterocycles. The number of hydrogen-bond donors (Lipinski definition) is 2. The fourth-order valence-corrected chi connectivity index (χ4v) is 4.49. The Morgan fingerprint density at radius 1 is 0.903 bits per heavy atom. The first-order chi connectivity index (χ1) is 15.0. The molecule has 9 heteroatoms. The van der Waals surface area contributed by atoms with E-state index in [0.29, 0.717) is 5.69 Å². The summed E-state index contributed by atoms with van der Waals surface area (Å²) in [5.41, 5.74) is 1.73. The average molecular weight is 438 g/mol. The van der Waals surface area contributed by atoms with E-state index >= 15 is 0 Å². The van der Waals surface area contributed by atoms with E-state index in [4.69, 9.17) is 0 Å². The number of benzene rings is 2. The van der Waals surface area contributed by atoms with Gasteiger partial charge in [-0.3, -0.25) is 4.79 Å². The highest BCUT2D eigenvalue weighted by atomic mass is 32.2. The lowest BCUT2D eigenvalue weighted by Crippen LogP contribution is -2.38. The molecule has 0 spiro atoms. The predicted molar refractivity (Wildman–Crippen MR) is 119 cm³/mol. The molecule has 0 aliphatic carbocycles. The minimum Gasteiger partial charge on any atom is -0.371 e. The minimum absolute atomic E-state index is 0.00160. The smallest absolute Gasteiger partial charge is 0.264 e. The Labute approximate surface area is 181 Å². The van der Waals surface area contributed by atoms with Crippen LogP contribution in [-0.4, -0.2) is 37.4 Å². The molecule has 2 aromatic carbocycles. The van der Waals surface area contributed by atoms with E-state index < -0.39 is 10.0 Å². The van der Waals surface area contributed by atoms with Gasteiger partial charge in [-0.2, -0.15) is 0 Å². The van der Waals surface area contributed by atoms with Crippen LogP contribution >= 0.6 is 0 Å². The van der Waals surface area contributed by atoms with Crippen molar-refractivity contribution in [2.75, 3.05) is 28.0 Å². The van der Waals surface area contributed by atoms with Crippen LogP contribution in [0.3, 0.4) is 0 Å². The van der Waals surface area contributed by atoms with Gasteiger partial charge >= 0.3 is 0 Å². The van der Waals surface area contributed by atoms with Crippen LogP contribution in [0.15, 0.2) is 78.0 Å². The number of para-hydroxylation sites is 1. The molecular formula is C22H23N5O3S. The molecule has 0 radical (unpaired) electrons. The highest BCUT2D eigenvalue weighted by Crippen LogP contribution is 2.24. The molecule has 160 valence electrons. The third-order valence-electron chi connectivity index (χ3n) is 5.21. The monoisotopic (exact) mass is 437 g/mol. The van der Waals surface area contributed by atoms with Gasteiger partial charge in [-0.25, -0.2) is 23.1 Å². The standard InChI is InChI=1S/C22H23N5O3S/c28-21(17-11-15-27(16-12-17)19-5-2-1-3-6-19)25-18-7-9-20(10-8-18)31(29,30)26-22-23-13-4-14-24-22/h1-10,13-14,17H,11-12,15-16H2,(H,25,28)(H,23,24,26). The maximum absolute atomic E-state index is 12.7. The first-order valence-corrected chi connectivity index (χ1v) is 11.5. The van der Waals surface area contributed by atoms with Crippen LogP contribution in [0, 0.1) is 5.92 Å². The molecule has 1 fully saturated rings. The highest BCUT2D eigenvalue weighted by Gasteiger charge is 2.25. The Balaban J connectivity index is 1.33. The minimum atomic E-state index is -3.80. The molecule has 0 unspecified atom stereocenters. The van der Waals surface area contributed by atoms with Crippen molar-refractivity contribution in [1.82, 2.24) is 9.97 Å². The Morgan fingerprint density at radius 3 is 2.19 bits per heavy atom. The maximum Gasteiger partial charge on any atom is 0.264 e. The van der Waals surface area contributed by atoms with Crippen LogP contribution in [0.5, 0.6) is 0 Å². The Bertz CT molecular complexity index is 1110. The summed E-state index contributed by atoms with van der Waals surface area (Å²) in [6.45, 7) is 1.65. The molecule has 1 saturated heterocycles. The van der Waals surface area contributed by atoms with Crippen molar-refractivity contribution in [3.63, 3.8) is 0 Å². The van der Waals surface area contributed by atoms with Crippen molar-refractivity contribution in [1.29, 1.82) is 0 Å². The Morgan fingerprint density at radius 2 is 1.55 bits per heavy atom. The quantitative estimate of drug-likeness (QED) is 0.614. The normalized spacial score (nSPS) is 14.8. The number of nitrogens with zero attached hydrogens (tertiary/aromatic N) is 3. The molecule has 0 atom stereocenters. The molecule has 1 aromatic heterocycles. The highest BCUT2D eigenvalue weighted by molar-refractivity contribution is 7.92. The second-order valence-electron chi connectivity index (χ2n) is 7.29. The zero-order valence-electron chi connectivity index (χ0n) is 16.8. The first-order valence-electron chi connectivity index (χ1n) is 10.0. The van der Waals surface area contributed by atoms with Gasteiger partial charge in [-0.15, -0.1) is 0 Å². The third kappa shape index (κ3) is 5.18. The summed E-state index contributed by atoms with van der Waals surface area (Å²) in [6, 6.07) is 17.8. The SMILES string of the molecule is O=C(Nc1ccc(S(=O)(=O)Nc2ncccn2)cc1)C1CCN(c2ccccc2)CC1. The number of hydrogen-bond acceptors (Lipinski definition) is 6. The second-order valence-corrected chi connectivity index (χ2v) is 8.97. The van der Waals surface area contributed by atoms with E-state index in [2.05, 4.69) is 37.0 Å². The van der Waals surface area contributed by atoms with Crippen molar-refractivity contribution >= 4 is 33.3 Å². The van der Waals surface area contributed by atoms with Crippen LogP contribution in [0.2, 0.25) is 0 Å². The number of carbonyl (C=O) groups excluding carboxylic acids is 1. The molecule has 1 amide bonds. The van der Waals surface area contributed by atoms with Crippen LogP contribution in [0.25, 0.3) is 0 Å². The number of rotatable bonds is 6. The van der Waals surface area contributed by atoms with Gasteiger partial charge in [0.15, 0.2) is 0 Å². The number of amides is 1. The second kappa shape index (κ2) is 9.13. The van der Waals surface area contributed by atoms with E-state index in [0.717, 1.165) is 25.9 Å². The van der Waals surface area contributed by atoms with E-state index in [-0.39, 0.29) is 22.7 Å². The fourth-order valence-electron chi connectivity index (χ4n) is 3.53. The molecule has 0 saturated carbocycles. The van der Waals surface area contributed by atoms with Crippen LogP contribution in [-0.2, 0) is 14.8 Å². The largest absolute Gasteiger partial charge is 0.371 e. The number of anilines is 3.